The van der Waals surface area contributed by atoms with E-state index in [9.17, 15) is 9.90 Å². The van der Waals surface area contributed by atoms with Gasteiger partial charge in [0, 0.05) is 19.5 Å². The number of hydrogen-bond donors (Lipinski definition) is 0. The van der Waals surface area contributed by atoms with Crippen LogP contribution in [0.15, 0.2) is 54.6 Å². The van der Waals surface area contributed by atoms with E-state index < -0.39 is 5.97 Å². The third-order valence-electron chi connectivity index (χ3n) is 3.64. The van der Waals surface area contributed by atoms with Crippen LogP contribution < -0.4 is 28.7 Å². The molecular formula is C19H22LiNO3. The van der Waals surface area contributed by atoms with Gasteiger partial charge in [-0.2, -0.15) is 0 Å². The molecule has 24 heavy (non-hydrogen) atoms. The average Bonchev–Trinajstić information content (AvgIpc) is 2.53. The zero-order valence-corrected chi connectivity index (χ0v) is 14.6. The molecular weight excluding hydrogens is 297 g/mol. The number of carboxylic acid groups (broad SMARTS) is 1. The Labute approximate surface area is 155 Å². The van der Waals surface area contributed by atoms with Gasteiger partial charge in [0.15, 0.2) is 0 Å². The molecule has 2 aromatic carbocycles. The van der Waals surface area contributed by atoms with Gasteiger partial charge < -0.3 is 19.5 Å². The Balaban J connectivity index is 0.00000288. The number of aryl methyl sites for hydroxylation is 1. The predicted octanol–water partition coefficient (Wildman–Crippen LogP) is -0.809. The third-order valence-corrected chi connectivity index (χ3v) is 3.64. The van der Waals surface area contributed by atoms with Gasteiger partial charge >= 0.3 is 18.9 Å². The molecule has 0 fully saturated rings. The Hall–Kier alpha value is -1.73. The molecule has 0 aliphatic rings. The zero-order valence-electron chi connectivity index (χ0n) is 14.6. The Kier molecular flexibility index (Phi) is 8.63. The molecule has 1 atom stereocenters. The summed E-state index contributed by atoms with van der Waals surface area (Å²) in [5, 5.41) is 10.7. The molecule has 0 aromatic heterocycles. The van der Waals surface area contributed by atoms with Crippen LogP contribution in [0.4, 0.5) is 0 Å². The molecule has 5 heteroatoms. The second kappa shape index (κ2) is 10.2. The van der Waals surface area contributed by atoms with Crippen LogP contribution in [0.5, 0.6) is 5.75 Å². The Bertz CT molecular complexity index is 616. The van der Waals surface area contributed by atoms with Crippen molar-refractivity contribution in [3.8, 4) is 5.75 Å². The molecule has 0 saturated heterocycles. The molecule has 0 saturated carbocycles. The monoisotopic (exact) mass is 319 g/mol. The number of rotatable bonds is 8. The first kappa shape index (κ1) is 20.3. The van der Waals surface area contributed by atoms with Gasteiger partial charge in [0.25, 0.3) is 0 Å². The number of likely N-dealkylation sites (N-methyl/N-ethyl adjacent to an activating group) is 1. The van der Waals surface area contributed by atoms with Gasteiger partial charge in [-0.05, 0) is 31.7 Å². The summed E-state index contributed by atoms with van der Waals surface area (Å²) in [4.78, 5) is 12.4. The third kappa shape index (κ3) is 6.80. The fraction of sp³-hybridized carbons (Fsp3) is 0.316. The van der Waals surface area contributed by atoms with Crippen LogP contribution in [-0.4, -0.2) is 31.0 Å². The average molecular weight is 319 g/mol. The quantitative estimate of drug-likeness (QED) is 0.597. The van der Waals surface area contributed by atoms with Gasteiger partial charge in [0.2, 0.25) is 0 Å². The van der Waals surface area contributed by atoms with Crippen molar-refractivity contribution in [2.75, 3.05) is 20.1 Å². The number of aliphatic carboxylic acids is 1. The Morgan fingerprint density at radius 2 is 1.75 bits per heavy atom. The van der Waals surface area contributed by atoms with Gasteiger partial charge in [-0.15, -0.1) is 0 Å². The van der Waals surface area contributed by atoms with E-state index >= 15 is 0 Å². The van der Waals surface area contributed by atoms with E-state index in [1.54, 1.807) is 11.9 Å². The first-order chi connectivity index (χ1) is 11.0. The normalized spacial score (nSPS) is 11.6. The Morgan fingerprint density at radius 3 is 2.33 bits per heavy atom. The molecule has 122 valence electrons. The summed E-state index contributed by atoms with van der Waals surface area (Å²) in [5.74, 6) is -0.254. The van der Waals surface area contributed by atoms with E-state index in [1.165, 1.54) is 5.56 Å². The molecule has 2 aromatic rings. The van der Waals surface area contributed by atoms with E-state index in [0.29, 0.717) is 13.0 Å². The van der Waals surface area contributed by atoms with Crippen LogP contribution in [0.1, 0.15) is 23.7 Å². The van der Waals surface area contributed by atoms with Crippen molar-refractivity contribution in [2.45, 2.75) is 19.4 Å². The second-order valence-electron chi connectivity index (χ2n) is 5.73. The van der Waals surface area contributed by atoms with Crippen molar-refractivity contribution in [3.05, 3.63) is 65.7 Å². The summed E-state index contributed by atoms with van der Waals surface area (Å²) in [5.41, 5.74) is 2.26. The standard InChI is InChI=1S/C19H23NO3.Li/c1-15-8-10-17(11-9-15)23-18(16-6-4-3-5-7-16)12-13-20(2)14-19(21)22;/h3-11,18H,12-14H2,1-2H3,(H,21,22);/q;+1/p-1. The second-order valence-corrected chi connectivity index (χ2v) is 5.73. The van der Waals surface area contributed by atoms with E-state index in [2.05, 4.69) is 0 Å². The number of hydrogen-bond acceptors (Lipinski definition) is 4. The topological polar surface area (TPSA) is 52.6 Å². The molecule has 0 N–H and O–H groups in total. The minimum absolute atomic E-state index is 0. The van der Waals surface area contributed by atoms with E-state index in [-0.39, 0.29) is 31.5 Å². The molecule has 0 bridgehead atoms. The summed E-state index contributed by atoms with van der Waals surface area (Å²) in [6.07, 6.45) is 0.574. The number of ether oxygens (including phenoxy) is 1. The Morgan fingerprint density at radius 1 is 1.12 bits per heavy atom. The van der Waals surface area contributed by atoms with Gasteiger partial charge in [-0.3, -0.25) is 0 Å². The maximum absolute atomic E-state index is 10.7. The van der Waals surface area contributed by atoms with Gasteiger partial charge in [0.1, 0.15) is 11.9 Å². The van der Waals surface area contributed by atoms with Crippen molar-refractivity contribution in [3.63, 3.8) is 0 Å². The molecule has 0 spiro atoms. The maximum atomic E-state index is 10.7. The fourth-order valence-electron chi connectivity index (χ4n) is 2.38. The van der Waals surface area contributed by atoms with Crippen molar-refractivity contribution in [2.24, 2.45) is 0 Å². The summed E-state index contributed by atoms with van der Waals surface area (Å²) in [6.45, 7) is 2.57. The summed E-state index contributed by atoms with van der Waals surface area (Å²) >= 11 is 0. The number of carbonyl (C=O) groups is 1. The van der Waals surface area contributed by atoms with Gasteiger partial charge in [-0.1, -0.05) is 48.0 Å². The van der Waals surface area contributed by atoms with Gasteiger partial charge in [0.05, 0.1) is 5.97 Å². The summed E-state index contributed by atoms with van der Waals surface area (Å²) < 4.78 is 6.12. The minimum Gasteiger partial charge on any atom is -0.549 e. The maximum Gasteiger partial charge on any atom is 1.00 e. The van der Waals surface area contributed by atoms with Gasteiger partial charge in [-0.25, -0.2) is 0 Å². The number of carboxylic acids is 1. The van der Waals surface area contributed by atoms with Crippen LogP contribution in [0.25, 0.3) is 0 Å². The fourth-order valence-corrected chi connectivity index (χ4v) is 2.38. The molecule has 0 aliphatic carbocycles. The molecule has 0 heterocycles. The first-order valence-corrected chi connectivity index (χ1v) is 7.71. The SMILES string of the molecule is Cc1ccc(OC(CCN(C)CC(=O)[O-])c2ccccc2)cc1.[Li+]. The summed E-state index contributed by atoms with van der Waals surface area (Å²) in [7, 11) is 1.77. The van der Waals surface area contributed by atoms with E-state index in [4.69, 9.17) is 4.74 Å². The molecule has 0 amide bonds. The van der Waals surface area contributed by atoms with Crippen molar-refractivity contribution >= 4 is 5.97 Å². The largest absolute Gasteiger partial charge is 1.00 e. The first-order valence-electron chi connectivity index (χ1n) is 7.71. The number of carbonyl (C=O) groups excluding carboxylic acids is 1. The van der Waals surface area contributed by atoms with Crippen LogP contribution >= 0.6 is 0 Å². The van der Waals surface area contributed by atoms with Crippen LogP contribution in [-0.2, 0) is 4.79 Å². The smallest absolute Gasteiger partial charge is 0.549 e. The van der Waals surface area contributed by atoms with Crippen LogP contribution in [0, 0.1) is 6.92 Å². The molecule has 4 nitrogen and oxygen atoms in total. The molecule has 1 unspecified atom stereocenters. The minimum atomic E-state index is -1.07. The molecule has 0 aliphatic heterocycles. The predicted molar refractivity (Wildman–Crippen MR) is 88.1 cm³/mol. The zero-order chi connectivity index (χ0) is 16.7. The van der Waals surface area contributed by atoms with Crippen molar-refractivity contribution in [1.29, 1.82) is 0 Å². The number of benzene rings is 2. The summed E-state index contributed by atoms with van der Waals surface area (Å²) in [6, 6.07) is 17.9. The number of nitrogens with zero attached hydrogens (tertiary/aromatic N) is 1. The van der Waals surface area contributed by atoms with E-state index in [0.717, 1.165) is 11.3 Å². The van der Waals surface area contributed by atoms with E-state index in [1.807, 2.05) is 61.5 Å². The van der Waals surface area contributed by atoms with Crippen molar-refractivity contribution in [1.82, 2.24) is 4.90 Å². The molecule has 2 rings (SSSR count). The van der Waals surface area contributed by atoms with Crippen LogP contribution in [0.3, 0.4) is 0 Å². The van der Waals surface area contributed by atoms with Crippen molar-refractivity contribution < 1.29 is 33.5 Å². The van der Waals surface area contributed by atoms with Crippen LogP contribution in [0.2, 0.25) is 0 Å². The molecule has 0 radical (unpaired) electrons.